The van der Waals surface area contributed by atoms with E-state index in [1.54, 1.807) is 0 Å². The highest BCUT2D eigenvalue weighted by molar-refractivity contribution is 7.25. The van der Waals surface area contributed by atoms with Crippen molar-refractivity contribution in [2.24, 2.45) is 0 Å². The van der Waals surface area contributed by atoms with Crippen LogP contribution in [0.3, 0.4) is 0 Å². The lowest BCUT2D eigenvalue weighted by Crippen LogP contribution is -1.90. The van der Waals surface area contributed by atoms with E-state index >= 15 is 0 Å². The van der Waals surface area contributed by atoms with E-state index in [9.17, 15) is 0 Å². The van der Waals surface area contributed by atoms with Gasteiger partial charge in [-0.3, -0.25) is 0 Å². The Balaban J connectivity index is 1.37. The highest BCUT2D eigenvalue weighted by Crippen LogP contribution is 2.46. The molecule has 0 aliphatic carbocycles. The molecule has 44 heavy (non-hydrogen) atoms. The molecule has 206 valence electrons. The van der Waals surface area contributed by atoms with Crippen LogP contribution in [-0.2, 0) is 0 Å². The normalized spacial score (nSPS) is 11.6. The Hall–Kier alpha value is -5.44. The van der Waals surface area contributed by atoms with E-state index in [4.69, 9.17) is 4.42 Å². The molecular formula is C42H26OS. The third-order valence-corrected chi connectivity index (χ3v) is 9.83. The van der Waals surface area contributed by atoms with Gasteiger partial charge in [-0.15, -0.1) is 11.3 Å². The molecule has 2 aromatic heterocycles. The minimum Gasteiger partial charge on any atom is -0.456 e. The molecule has 9 rings (SSSR count). The van der Waals surface area contributed by atoms with Crippen molar-refractivity contribution >= 4 is 53.4 Å². The molecule has 0 aliphatic heterocycles. The lowest BCUT2D eigenvalue weighted by Gasteiger charge is -2.15. The Morgan fingerprint density at radius 3 is 1.86 bits per heavy atom. The molecular weight excluding hydrogens is 553 g/mol. The third kappa shape index (κ3) is 4.00. The van der Waals surface area contributed by atoms with E-state index in [0.717, 1.165) is 27.5 Å². The molecule has 0 amide bonds. The monoisotopic (exact) mass is 578 g/mol. The Labute approximate surface area is 259 Å². The van der Waals surface area contributed by atoms with Crippen LogP contribution < -0.4 is 0 Å². The average molecular weight is 579 g/mol. The first-order valence-corrected chi connectivity index (χ1v) is 15.7. The number of benzene rings is 7. The Kier molecular flexibility index (Phi) is 5.75. The summed E-state index contributed by atoms with van der Waals surface area (Å²) in [5, 5.41) is 4.91. The Morgan fingerprint density at radius 2 is 1.02 bits per heavy atom. The highest BCUT2D eigenvalue weighted by atomic mass is 32.1. The average Bonchev–Trinajstić information content (AvgIpc) is 3.67. The molecule has 0 saturated heterocycles. The first kappa shape index (κ1) is 25.1. The number of fused-ring (bicyclic) bond motifs is 6. The standard InChI is InChI=1S/C42H26OS/c1-3-12-27(13-4-1)29-22-23-31(35(24-29)28-14-5-2-6-15-28)30-25-36(41-33-16-7-9-19-37(33)43-38(41)26-30)32-18-11-21-40-42(32)34-17-8-10-20-39(34)44-40/h1-26H. The zero-order chi connectivity index (χ0) is 29.0. The smallest absolute Gasteiger partial charge is 0.136 e. The first-order valence-electron chi connectivity index (χ1n) is 14.9. The second kappa shape index (κ2) is 10.1. The summed E-state index contributed by atoms with van der Waals surface area (Å²) in [6.07, 6.45) is 0. The predicted octanol–water partition coefficient (Wildman–Crippen LogP) is 12.6. The quantitative estimate of drug-likeness (QED) is 0.202. The Morgan fingerprint density at radius 1 is 0.341 bits per heavy atom. The molecule has 0 aliphatic rings. The van der Waals surface area contributed by atoms with Crippen LogP contribution in [0.2, 0.25) is 0 Å². The van der Waals surface area contributed by atoms with Crippen molar-refractivity contribution in [2.75, 3.05) is 0 Å². The van der Waals surface area contributed by atoms with Crippen LogP contribution in [0.15, 0.2) is 162 Å². The fourth-order valence-corrected chi connectivity index (χ4v) is 7.82. The fraction of sp³-hybridized carbons (Fsp3) is 0. The van der Waals surface area contributed by atoms with E-state index in [-0.39, 0.29) is 0 Å². The molecule has 0 radical (unpaired) electrons. The van der Waals surface area contributed by atoms with Crippen molar-refractivity contribution < 1.29 is 4.42 Å². The number of furan rings is 1. The second-order valence-corrected chi connectivity index (χ2v) is 12.3. The maximum Gasteiger partial charge on any atom is 0.136 e. The predicted molar refractivity (Wildman–Crippen MR) is 188 cm³/mol. The SMILES string of the molecule is c1ccc(-c2ccc(-c3cc(-c4cccc5sc6ccccc6c45)c4c(c3)oc3ccccc34)c(-c3ccccc3)c2)cc1. The van der Waals surface area contributed by atoms with Gasteiger partial charge in [0.2, 0.25) is 0 Å². The van der Waals surface area contributed by atoms with E-state index < -0.39 is 0 Å². The Bertz CT molecular complexity index is 2480. The minimum atomic E-state index is 0.904. The maximum atomic E-state index is 6.60. The van der Waals surface area contributed by atoms with E-state index in [1.165, 1.54) is 59.1 Å². The molecule has 2 heterocycles. The minimum absolute atomic E-state index is 0.904. The van der Waals surface area contributed by atoms with Gasteiger partial charge in [0, 0.05) is 30.9 Å². The van der Waals surface area contributed by atoms with Crippen LogP contribution in [0.1, 0.15) is 0 Å². The van der Waals surface area contributed by atoms with Crippen LogP contribution in [0.5, 0.6) is 0 Å². The van der Waals surface area contributed by atoms with Gasteiger partial charge in [-0.25, -0.2) is 0 Å². The van der Waals surface area contributed by atoms with E-state index in [0.29, 0.717) is 0 Å². The molecule has 0 spiro atoms. The first-order chi connectivity index (χ1) is 21.8. The van der Waals surface area contributed by atoms with Gasteiger partial charge >= 0.3 is 0 Å². The fourth-order valence-electron chi connectivity index (χ4n) is 6.68. The topological polar surface area (TPSA) is 13.1 Å². The summed E-state index contributed by atoms with van der Waals surface area (Å²) in [6, 6.07) is 56.7. The molecule has 1 nitrogen and oxygen atoms in total. The van der Waals surface area contributed by atoms with Crippen molar-refractivity contribution in [3.8, 4) is 44.5 Å². The van der Waals surface area contributed by atoms with Crippen molar-refractivity contribution in [3.63, 3.8) is 0 Å². The van der Waals surface area contributed by atoms with Gasteiger partial charge < -0.3 is 4.42 Å². The molecule has 7 aromatic carbocycles. The van der Waals surface area contributed by atoms with Gasteiger partial charge in [0.1, 0.15) is 11.2 Å². The molecule has 9 aromatic rings. The van der Waals surface area contributed by atoms with Crippen LogP contribution in [0.4, 0.5) is 0 Å². The van der Waals surface area contributed by atoms with Crippen molar-refractivity contribution in [1.82, 2.24) is 0 Å². The summed E-state index contributed by atoms with van der Waals surface area (Å²) in [5.41, 5.74) is 11.4. The second-order valence-electron chi connectivity index (χ2n) is 11.3. The van der Waals surface area contributed by atoms with Crippen molar-refractivity contribution in [3.05, 3.63) is 158 Å². The van der Waals surface area contributed by atoms with Crippen molar-refractivity contribution in [2.45, 2.75) is 0 Å². The number of hydrogen-bond donors (Lipinski definition) is 0. The van der Waals surface area contributed by atoms with E-state index in [1.807, 2.05) is 17.4 Å². The molecule has 0 fully saturated rings. The summed E-state index contributed by atoms with van der Waals surface area (Å²) in [7, 11) is 0. The number of rotatable bonds is 4. The molecule has 2 heteroatoms. The zero-order valence-electron chi connectivity index (χ0n) is 23.8. The summed E-state index contributed by atoms with van der Waals surface area (Å²) in [6.45, 7) is 0. The van der Waals surface area contributed by atoms with Gasteiger partial charge in [0.15, 0.2) is 0 Å². The van der Waals surface area contributed by atoms with E-state index in [2.05, 4.69) is 152 Å². The summed E-state index contributed by atoms with van der Waals surface area (Å²) in [4.78, 5) is 0. The number of thiophene rings is 1. The summed E-state index contributed by atoms with van der Waals surface area (Å²) in [5.74, 6) is 0. The maximum absolute atomic E-state index is 6.60. The molecule has 0 atom stereocenters. The van der Waals surface area contributed by atoms with Gasteiger partial charge in [0.05, 0.1) is 0 Å². The van der Waals surface area contributed by atoms with Gasteiger partial charge in [-0.2, -0.15) is 0 Å². The molecule has 0 bridgehead atoms. The van der Waals surface area contributed by atoms with Crippen molar-refractivity contribution in [1.29, 1.82) is 0 Å². The van der Waals surface area contributed by atoms with Gasteiger partial charge in [-0.05, 0) is 80.9 Å². The summed E-state index contributed by atoms with van der Waals surface area (Å²) < 4.78 is 9.21. The summed E-state index contributed by atoms with van der Waals surface area (Å²) >= 11 is 1.86. The lowest BCUT2D eigenvalue weighted by molar-refractivity contribution is 0.669. The van der Waals surface area contributed by atoms with Crippen LogP contribution >= 0.6 is 11.3 Å². The third-order valence-electron chi connectivity index (χ3n) is 8.69. The largest absolute Gasteiger partial charge is 0.456 e. The van der Waals surface area contributed by atoms with Crippen LogP contribution in [0, 0.1) is 0 Å². The van der Waals surface area contributed by atoms with Crippen LogP contribution in [0.25, 0.3) is 86.6 Å². The van der Waals surface area contributed by atoms with Gasteiger partial charge in [0.25, 0.3) is 0 Å². The van der Waals surface area contributed by atoms with Gasteiger partial charge in [-0.1, -0.05) is 121 Å². The lowest BCUT2D eigenvalue weighted by atomic mass is 9.88. The molecule has 0 N–H and O–H groups in total. The highest BCUT2D eigenvalue weighted by Gasteiger charge is 2.20. The van der Waals surface area contributed by atoms with Crippen LogP contribution in [-0.4, -0.2) is 0 Å². The number of hydrogen-bond acceptors (Lipinski definition) is 2. The molecule has 0 unspecified atom stereocenters. The molecule has 0 saturated carbocycles. The number of para-hydroxylation sites is 1. The zero-order valence-corrected chi connectivity index (χ0v) is 24.6.